The van der Waals surface area contributed by atoms with Crippen LogP contribution in [-0.2, 0) is 26.2 Å². The summed E-state index contributed by atoms with van der Waals surface area (Å²) in [5, 5.41) is 8.76. The number of aryl methyl sites for hydroxylation is 1. The molecule has 0 amide bonds. The zero-order chi connectivity index (χ0) is 18.8. The summed E-state index contributed by atoms with van der Waals surface area (Å²) >= 11 is 0. The number of carbonyl (C=O) groups is 3. The Morgan fingerprint density at radius 1 is 1.16 bits per heavy atom. The van der Waals surface area contributed by atoms with Crippen LogP contribution in [0.15, 0.2) is 18.2 Å². The summed E-state index contributed by atoms with van der Waals surface area (Å²) in [5.41, 5.74) is 1.63. The molecule has 1 atom stereocenters. The van der Waals surface area contributed by atoms with Crippen molar-refractivity contribution < 1.29 is 24.2 Å². The van der Waals surface area contributed by atoms with Crippen molar-refractivity contribution >= 4 is 17.7 Å². The standard InChI is InChI=1S/C20H26O5/c1-12(2)20(19(24)25-13(3)4)10-9-14-5-6-15(11-16(14)20)17(21)7-8-18(22)23/h5-6,11-13H,7-10H2,1-4H3,(H,22,23)/t20-/m1/s1. The number of fused-ring (bicyclic) bond motifs is 1. The van der Waals surface area contributed by atoms with E-state index in [9.17, 15) is 14.4 Å². The molecular weight excluding hydrogens is 320 g/mol. The monoisotopic (exact) mass is 346 g/mol. The minimum Gasteiger partial charge on any atom is -0.481 e. The fraction of sp³-hybridized carbons (Fsp3) is 0.550. The molecule has 0 aromatic heterocycles. The number of hydrogen-bond donors (Lipinski definition) is 1. The zero-order valence-corrected chi connectivity index (χ0v) is 15.3. The summed E-state index contributed by atoms with van der Waals surface area (Å²) in [7, 11) is 0. The first-order valence-electron chi connectivity index (χ1n) is 8.78. The van der Waals surface area contributed by atoms with Gasteiger partial charge in [-0.05, 0) is 49.8 Å². The van der Waals surface area contributed by atoms with Crippen LogP contribution in [0.2, 0.25) is 0 Å². The van der Waals surface area contributed by atoms with Gasteiger partial charge in [0.15, 0.2) is 5.78 Å². The van der Waals surface area contributed by atoms with Crippen LogP contribution < -0.4 is 0 Å². The maximum absolute atomic E-state index is 12.9. The Labute approximate surface area is 148 Å². The number of ether oxygens (including phenoxy) is 1. The second-order valence-electron chi connectivity index (χ2n) is 7.27. The van der Waals surface area contributed by atoms with E-state index in [0.717, 1.165) is 17.5 Å². The van der Waals surface area contributed by atoms with Crippen LogP contribution in [0.4, 0.5) is 0 Å². The largest absolute Gasteiger partial charge is 0.481 e. The maximum atomic E-state index is 12.9. The Kier molecular flexibility index (Phi) is 5.65. The van der Waals surface area contributed by atoms with Crippen molar-refractivity contribution in [2.24, 2.45) is 5.92 Å². The van der Waals surface area contributed by atoms with E-state index in [2.05, 4.69) is 0 Å². The van der Waals surface area contributed by atoms with Crippen molar-refractivity contribution in [2.75, 3.05) is 0 Å². The molecule has 0 spiro atoms. The van der Waals surface area contributed by atoms with E-state index < -0.39 is 11.4 Å². The van der Waals surface area contributed by atoms with Crippen molar-refractivity contribution in [3.63, 3.8) is 0 Å². The normalized spacial score (nSPS) is 19.1. The molecule has 1 aromatic rings. The highest BCUT2D eigenvalue weighted by molar-refractivity contribution is 5.98. The van der Waals surface area contributed by atoms with Gasteiger partial charge in [-0.3, -0.25) is 14.4 Å². The number of carboxylic acid groups (broad SMARTS) is 1. The predicted molar refractivity (Wildman–Crippen MR) is 93.7 cm³/mol. The molecule has 0 bridgehead atoms. The SMILES string of the molecule is CC(C)OC(=O)[C@@]1(C(C)C)CCc2ccc(C(=O)CCC(=O)O)cc21. The van der Waals surface area contributed by atoms with Crippen LogP contribution in [0, 0.1) is 5.92 Å². The number of hydrogen-bond acceptors (Lipinski definition) is 4. The van der Waals surface area contributed by atoms with Gasteiger partial charge in [0.2, 0.25) is 0 Å². The van der Waals surface area contributed by atoms with Crippen LogP contribution in [0.3, 0.4) is 0 Å². The second kappa shape index (κ2) is 7.38. The molecule has 1 aliphatic rings. The van der Waals surface area contributed by atoms with Crippen molar-refractivity contribution in [2.45, 2.75) is 64.9 Å². The third-order valence-corrected chi connectivity index (χ3v) is 4.96. The number of rotatable bonds is 7. The summed E-state index contributed by atoms with van der Waals surface area (Å²) < 4.78 is 5.53. The molecule has 136 valence electrons. The van der Waals surface area contributed by atoms with Gasteiger partial charge in [-0.2, -0.15) is 0 Å². The van der Waals surface area contributed by atoms with Crippen molar-refractivity contribution in [1.82, 2.24) is 0 Å². The Balaban J connectivity index is 2.41. The van der Waals surface area contributed by atoms with Gasteiger partial charge >= 0.3 is 11.9 Å². The number of ketones is 1. The molecule has 0 aliphatic heterocycles. The molecule has 2 rings (SSSR count). The van der Waals surface area contributed by atoms with Crippen LogP contribution in [0.5, 0.6) is 0 Å². The molecule has 0 radical (unpaired) electrons. The molecule has 0 saturated heterocycles. The minimum absolute atomic E-state index is 0.0318. The average Bonchev–Trinajstić information content (AvgIpc) is 2.91. The minimum atomic E-state index is -0.994. The van der Waals surface area contributed by atoms with Crippen molar-refractivity contribution in [3.8, 4) is 0 Å². The summed E-state index contributed by atoms with van der Waals surface area (Å²) in [6.45, 7) is 7.65. The molecule has 0 fully saturated rings. The van der Waals surface area contributed by atoms with Crippen LogP contribution >= 0.6 is 0 Å². The maximum Gasteiger partial charge on any atom is 0.317 e. The van der Waals surface area contributed by atoms with E-state index in [-0.39, 0.29) is 36.6 Å². The van der Waals surface area contributed by atoms with Gasteiger partial charge in [-0.1, -0.05) is 26.0 Å². The third kappa shape index (κ3) is 3.75. The molecule has 25 heavy (non-hydrogen) atoms. The van der Waals surface area contributed by atoms with Gasteiger partial charge in [-0.15, -0.1) is 0 Å². The van der Waals surface area contributed by atoms with Crippen LogP contribution in [0.25, 0.3) is 0 Å². The number of carbonyl (C=O) groups excluding carboxylic acids is 2. The number of esters is 1. The quantitative estimate of drug-likeness (QED) is 0.603. The van der Waals surface area contributed by atoms with E-state index in [0.29, 0.717) is 12.0 Å². The van der Waals surface area contributed by atoms with Gasteiger partial charge < -0.3 is 9.84 Å². The van der Waals surface area contributed by atoms with Gasteiger partial charge in [0.25, 0.3) is 0 Å². The summed E-state index contributed by atoms with van der Waals surface area (Å²) in [6.07, 6.45) is 0.996. The molecule has 5 nitrogen and oxygen atoms in total. The van der Waals surface area contributed by atoms with E-state index in [1.807, 2.05) is 33.8 Å². The highest BCUT2D eigenvalue weighted by Crippen LogP contribution is 2.46. The summed E-state index contributed by atoms with van der Waals surface area (Å²) in [5.74, 6) is -1.42. The summed E-state index contributed by atoms with van der Waals surface area (Å²) in [4.78, 5) is 35.9. The smallest absolute Gasteiger partial charge is 0.317 e. The lowest BCUT2D eigenvalue weighted by Crippen LogP contribution is -2.41. The van der Waals surface area contributed by atoms with E-state index in [1.165, 1.54) is 0 Å². The number of carboxylic acids is 1. The Morgan fingerprint density at radius 2 is 1.84 bits per heavy atom. The van der Waals surface area contributed by atoms with Crippen molar-refractivity contribution in [1.29, 1.82) is 0 Å². The first-order chi connectivity index (χ1) is 11.7. The molecule has 5 heteroatoms. The Morgan fingerprint density at radius 3 is 2.40 bits per heavy atom. The number of Topliss-reactive ketones (excluding diaryl/α,β-unsaturated/α-hetero) is 1. The highest BCUT2D eigenvalue weighted by Gasteiger charge is 2.49. The lowest BCUT2D eigenvalue weighted by atomic mass is 9.72. The first kappa shape index (κ1) is 19.2. The fourth-order valence-corrected chi connectivity index (χ4v) is 3.58. The van der Waals surface area contributed by atoms with Crippen molar-refractivity contribution in [3.05, 3.63) is 34.9 Å². The predicted octanol–water partition coefficient (Wildman–Crippen LogP) is 3.53. The fourth-order valence-electron chi connectivity index (χ4n) is 3.58. The van der Waals surface area contributed by atoms with Crippen LogP contribution in [0.1, 0.15) is 68.4 Å². The molecule has 0 heterocycles. The lowest BCUT2D eigenvalue weighted by molar-refractivity contribution is -0.156. The van der Waals surface area contributed by atoms with Gasteiger partial charge in [0.1, 0.15) is 0 Å². The lowest BCUT2D eigenvalue weighted by Gasteiger charge is -2.33. The average molecular weight is 346 g/mol. The first-order valence-corrected chi connectivity index (χ1v) is 8.78. The van der Waals surface area contributed by atoms with E-state index >= 15 is 0 Å². The van der Waals surface area contributed by atoms with E-state index in [4.69, 9.17) is 9.84 Å². The van der Waals surface area contributed by atoms with Gasteiger partial charge in [0, 0.05) is 12.0 Å². The second-order valence-corrected chi connectivity index (χ2v) is 7.27. The topological polar surface area (TPSA) is 80.7 Å². The number of benzene rings is 1. The van der Waals surface area contributed by atoms with E-state index in [1.54, 1.807) is 12.1 Å². The molecule has 1 aliphatic carbocycles. The van der Waals surface area contributed by atoms with Gasteiger partial charge in [-0.25, -0.2) is 0 Å². The summed E-state index contributed by atoms with van der Waals surface area (Å²) in [6, 6.07) is 5.39. The molecular formula is C20H26O5. The van der Waals surface area contributed by atoms with Gasteiger partial charge in [0.05, 0.1) is 17.9 Å². The molecule has 1 aromatic carbocycles. The number of aliphatic carboxylic acids is 1. The Hall–Kier alpha value is -2.17. The third-order valence-electron chi connectivity index (χ3n) is 4.96. The van der Waals surface area contributed by atoms with Crippen LogP contribution in [-0.4, -0.2) is 28.9 Å². The molecule has 0 unspecified atom stereocenters. The molecule has 1 N–H and O–H groups in total. The Bertz CT molecular complexity index is 689. The zero-order valence-electron chi connectivity index (χ0n) is 15.3. The highest BCUT2D eigenvalue weighted by atomic mass is 16.5. The molecule has 0 saturated carbocycles.